The molecule has 1 unspecified atom stereocenters. The summed E-state index contributed by atoms with van der Waals surface area (Å²) in [6, 6.07) is 15.3. The van der Waals surface area contributed by atoms with E-state index in [1.165, 1.54) is 6.20 Å². The first-order valence-corrected chi connectivity index (χ1v) is 13.9. The number of amides is 3. The maximum absolute atomic E-state index is 14.8. The quantitative estimate of drug-likeness (QED) is 0.181. The highest BCUT2D eigenvalue weighted by atomic mass is 79.9. The number of urea groups is 1. The molecular weight excluding hydrogens is 614 g/mol. The lowest BCUT2D eigenvalue weighted by Gasteiger charge is -2.29. The average molecular weight is 641 g/mol. The van der Waals surface area contributed by atoms with Gasteiger partial charge in [0.05, 0.1) is 24.1 Å². The van der Waals surface area contributed by atoms with Crippen molar-refractivity contribution < 1.29 is 33.3 Å². The fraction of sp³-hybridized carbons (Fsp3) is 0.233. The van der Waals surface area contributed by atoms with E-state index in [-0.39, 0.29) is 28.2 Å². The predicted molar refractivity (Wildman–Crippen MR) is 152 cm³/mol. The van der Waals surface area contributed by atoms with Crippen molar-refractivity contribution in [1.29, 1.82) is 0 Å². The van der Waals surface area contributed by atoms with Gasteiger partial charge in [0, 0.05) is 10.4 Å². The second-order valence-corrected chi connectivity index (χ2v) is 10.8. The van der Waals surface area contributed by atoms with Gasteiger partial charge in [-0.3, -0.25) is 9.69 Å². The number of hydrogen-bond donors (Lipinski definition) is 4. The van der Waals surface area contributed by atoms with E-state index in [1.807, 2.05) is 37.3 Å². The van der Waals surface area contributed by atoms with Crippen LogP contribution in [0.25, 0.3) is 11.3 Å². The van der Waals surface area contributed by atoms with Crippen LogP contribution in [0.1, 0.15) is 41.9 Å². The van der Waals surface area contributed by atoms with E-state index in [1.54, 1.807) is 24.3 Å². The first-order valence-electron chi connectivity index (χ1n) is 13.1. The number of carbonyl (C=O) groups is 2. The van der Waals surface area contributed by atoms with Gasteiger partial charge in [-0.1, -0.05) is 65.3 Å². The first-order chi connectivity index (χ1) is 20.2. The highest BCUT2D eigenvalue weighted by Crippen LogP contribution is 2.40. The minimum Gasteiger partial charge on any atom is -0.491 e. The molecule has 4 atom stereocenters. The van der Waals surface area contributed by atoms with Crippen molar-refractivity contribution in [2.75, 3.05) is 13.2 Å². The average Bonchev–Trinajstić information content (AvgIpc) is 3.56. The highest BCUT2D eigenvalue weighted by molar-refractivity contribution is 9.10. The van der Waals surface area contributed by atoms with E-state index in [0.29, 0.717) is 11.3 Å². The molecule has 1 aliphatic heterocycles. The fourth-order valence-electron chi connectivity index (χ4n) is 4.92. The molecule has 0 bridgehead atoms. The fourth-order valence-corrected chi connectivity index (χ4v) is 5.32. The van der Waals surface area contributed by atoms with Crippen molar-refractivity contribution in [2.24, 2.45) is 0 Å². The summed E-state index contributed by atoms with van der Waals surface area (Å²) in [5, 5.41) is 21.2. The van der Waals surface area contributed by atoms with Gasteiger partial charge in [-0.25, -0.2) is 18.6 Å². The Balaban J connectivity index is 1.48. The van der Waals surface area contributed by atoms with Crippen LogP contribution >= 0.6 is 15.9 Å². The van der Waals surface area contributed by atoms with Crippen LogP contribution in [-0.2, 0) is 4.79 Å². The summed E-state index contributed by atoms with van der Waals surface area (Å²) >= 11 is 3.08. The van der Waals surface area contributed by atoms with Crippen LogP contribution in [0, 0.1) is 11.6 Å². The van der Waals surface area contributed by atoms with Crippen molar-refractivity contribution in [3.63, 3.8) is 0 Å². The van der Waals surface area contributed by atoms with Gasteiger partial charge in [-0.05, 0) is 35.4 Å². The number of aliphatic hydroxyl groups excluding tert-OH is 2. The number of ether oxygens (including phenoxy) is 1. The Bertz CT molecular complexity index is 1560. The predicted octanol–water partition coefficient (Wildman–Crippen LogP) is 4.99. The van der Waals surface area contributed by atoms with Crippen molar-refractivity contribution in [3.05, 3.63) is 106 Å². The molecule has 0 aliphatic carbocycles. The van der Waals surface area contributed by atoms with Crippen LogP contribution in [0.2, 0.25) is 0 Å². The molecule has 1 aromatic heterocycles. The third kappa shape index (κ3) is 5.91. The Morgan fingerprint density at radius 1 is 1.07 bits per heavy atom. The molecule has 9 nitrogen and oxygen atoms in total. The van der Waals surface area contributed by atoms with Crippen LogP contribution in [0.5, 0.6) is 5.75 Å². The second kappa shape index (κ2) is 12.4. The van der Waals surface area contributed by atoms with E-state index >= 15 is 0 Å². The Hall–Kier alpha value is -4.13. The van der Waals surface area contributed by atoms with E-state index < -0.39 is 54.3 Å². The van der Waals surface area contributed by atoms with Crippen LogP contribution in [0.15, 0.2) is 77.4 Å². The number of imide groups is 1. The van der Waals surface area contributed by atoms with Gasteiger partial charge in [0.2, 0.25) is 0 Å². The maximum atomic E-state index is 14.8. The maximum Gasteiger partial charge on any atom is 0.325 e. The second-order valence-electron chi connectivity index (χ2n) is 9.88. The lowest BCUT2D eigenvalue weighted by Crippen LogP contribution is -2.38. The summed E-state index contributed by atoms with van der Waals surface area (Å²) in [7, 11) is 0. The van der Waals surface area contributed by atoms with Crippen LogP contribution in [0.4, 0.5) is 13.6 Å². The van der Waals surface area contributed by atoms with E-state index in [9.17, 15) is 23.5 Å². The summed E-state index contributed by atoms with van der Waals surface area (Å²) in [6.07, 6.45) is 0.244. The number of nitrogens with one attached hydrogen (secondary N) is 2. The Labute approximate surface area is 248 Å². The number of nitrogens with zero attached hydrogens (tertiary/aromatic N) is 2. The number of halogens is 3. The van der Waals surface area contributed by atoms with E-state index in [0.717, 1.165) is 22.6 Å². The van der Waals surface area contributed by atoms with Crippen molar-refractivity contribution in [2.45, 2.75) is 31.0 Å². The van der Waals surface area contributed by atoms with Gasteiger partial charge in [0.25, 0.3) is 5.91 Å². The van der Waals surface area contributed by atoms with Crippen molar-refractivity contribution in [3.8, 4) is 17.0 Å². The summed E-state index contributed by atoms with van der Waals surface area (Å²) in [5.41, 5.74) is 1.06. The largest absolute Gasteiger partial charge is 0.491 e. The molecule has 5 rings (SSSR count). The number of rotatable bonds is 10. The molecule has 0 spiro atoms. The summed E-state index contributed by atoms with van der Waals surface area (Å²) < 4.78 is 35.2. The molecule has 0 saturated carbocycles. The topological polar surface area (TPSA) is 128 Å². The molecule has 1 saturated heterocycles. The zero-order valence-corrected chi connectivity index (χ0v) is 23.9. The molecule has 4 N–H and O–H groups in total. The Morgan fingerprint density at radius 3 is 2.38 bits per heavy atom. The minimum atomic E-state index is -1.03. The number of imidazole rings is 1. The smallest absolute Gasteiger partial charge is 0.325 e. The van der Waals surface area contributed by atoms with Crippen molar-refractivity contribution >= 4 is 27.9 Å². The molecule has 4 aromatic rings. The monoisotopic (exact) mass is 640 g/mol. The molecule has 218 valence electrons. The SMILES string of the molecule is C[C@@H](c1ccccc1)[C@@H](c1ncc(-c2c(F)cc(Br)cc2F)[nH]1)N1C(=O)NC(c2ccc(OC[C@H](O)CO)cc2)C1=O. The lowest BCUT2D eigenvalue weighted by molar-refractivity contribution is -0.129. The molecule has 2 heterocycles. The van der Waals surface area contributed by atoms with Crippen LogP contribution in [0.3, 0.4) is 0 Å². The zero-order chi connectivity index (χ0) is 30.0. The first kappa shape index (κ1) is 29.4. The zero-order valence-electron chi connectivity index (χ0n) is 22.3. The van der Waals surface area contributed by atoms with Gasteiger partial charge < -0.3 is 25.3 Å². The summed E-state index contributed by atoms with van der Waals surface area (Å²) in [6.45, 7) is 1.29. The summed E-state index contributed by atoms with van der Waals surface area (Å²) in [5.74, 6) is -2.01. The molecule has 12 heteroatoms. The minimum absolute atomic E-state index is 0.0586. The number of hydrogen-bond acceptors (Lipinski definition) is 6. The molecule has 1 fully saturated rings. The third-order valence-corrected chi connectivity index (χ3v) is 7.52. The third-order valence-electron chi connectivity index (χ3n) is 7.07. The van der Waals surface area contributed by atoms with Gasteiger partial charge >= 0.3 is 6.03 Å². The normalized spacial score (nSPS) is 17.2. The van der Waals surface area contributed by atoms with Gasteiger partial charge in [0.15, 0.2) is 0 Å². The highest BCUT2D eigenvalue weighted by Gasteiger charge is 2.46. The molecular formula is C30H27BrF2N4O5. The number of H-pyrrole nitrogens is 1. The van der Waals surface area contributed by atoms with Gasteiger partial charge in [0.1, 0.15) is 48.0 Å². The lowest BCUT2D eigenvalue weighted by atomic mass is 9.91. The number of aromatic amines is 1. The van der Waals surface area contributed by atoms with E-state index in [4.69, 9.17) is 9.84 Å². The Morgan fingerprint density at radius 2 is 1.74 bits per heavy atom. The molecule has 42 heavy (non-hydrogen) atoms. The van der Waals surface area contributed by atoms with Gasteiger partial charge in [-0.2, -0.15) is 0 Å². The molecule has 0 radical (unpaired) electrons. The summed E-state index contributed by atoms with van der Waals surface area (Å²) in [4.78, 5) is 35.6. The number of carbonyl (C=O) groups excluding carboxylic acids is 2. The number of aliphatic hydroxyl groups is 2. The molecule has 3 amide bonds. The number of aromatic nitrogens is 2. The standard InChI is InChI=1S/C30H27BrF2N4O5/c1-16(17-5-3-2-4-6-17)27(28-34-13-24(35-28)25-22(32)11-19(31)12-23(25)33)37-29(40)26(36-30(37)41)18-7-9-21(10-8-18)42-15-20(39)14-38/h2-13,16,20,26-27,38-39H,14-15H2,1H3,(H,34,35)(H,36,41)/t16-,20+,26?,27-/m0/s1. The van der Waals surface area contributed by atoms with E-state index in [2.05, 4.69) is 31.2 Å². The van der Waals surface area contributed by atoms with Crippen LogP contribution in [-0.4, -0.2) is 56.3 Å². The number of benzene rings is 3. The molecule has 1 aliphatic rings. The van der Waals surface area contributed by atoms with Crippen LogP contribution < -0.4 is 10.1 Å². The Kier molecular flexibility index (Phi) is 8.66. The van der Waals surface area contributed by atoms with Crippen molar-refractivity contribution in [1.82, 2.24) is 20.2 Å². The van der Waals surface area contributed by atoms with Gasteiger partial charge in [-0.15, -0.1) is 0 Å². The molecule has 3 aromatic carbocycles.